The van der Waals surface area contributed by atoms with E-state index in [-0.39, 0.29) is 34.4 Å². The molecule has 0 aliphatic carbocycles. The topological polar surface area (TPSA) is 26.3 Å². The average Bonchev–Trinajstić information content (AvgIpc) is 2.61. The third-order valence-corrected chi connectivity index (χ3v) is 5.36. The van der Waals surface area contributed by atoms with Crippen molar-refractivity contribution in [1.82, 2.24) is 0 Å². The Morgan fingerprint density at radius 1 is 0.926 bits per heavy atom. The molecule has 0 aromatic heterocycles. The molecule has 0 radical (unpaired) electrons. The number of rotatable bonds is 6. The van der Waals surface area contributed by atoms with Gasteiger partial charge in [-0.3, -0.25) is 4.79 Å². The second-order valence-corrected chi connectivity index (χ2v) is 7.81. The quantitative estimate of drug-likeness (QED) is 0.492. The van der Waals surface area contributed by atoms with Crippen LogP contribution >= 0.6 is 8.58 Å². The van der Waals surface area contributed by atoms with Gasteiger partial charge in [-0.1, -0.05) is 60.2 Å². The van der Waals surface area contributed by atoms with Crippen LogP contribution in [0, 0.1) is 20.8 Å². The molecule has 134 valence electrons. The van der Waals surface area contributed by atoms with Crippen LogP contribution in [0.2, 0.25) is 0 Å². The zero-order valence-electron chi connectivity index (χ0n) is 17.4. The first-order chi connectivity index (χ1) is 12.5. The van der Waals surface area contributed by atoms with Crippen molar-refractivity contribution in [3.05, 3.63) is 94.5 Å². The molecule has 0 heterocycles. The Morgan fingerprint density at radius 2 is 1.52 bits per heavy atom. The van der Waals surface area contributed by atoms with Gasteiger partial charge >= 0.3 is 18.9 Å². The van der Waals surface area contributed by atoms with Crippen LogP contribution in [0.15, 0.2) is 66.7 Å². The van der Waals surface area contributed by atoms with E-state index >= 15 is 0 Å². The van der Waals surface area contributed by atoms with Gasteiger partial charge in [-0.05, 0) is 63.5 Å². The van der Waals surface area contributed by atoms with E-state index in [0.717, 1.165) is 33.3 Å². The summed E-state index contributed by atoms with van der Waals surface area (Å²) in [5.74, 6) is 0.817. The first-order valence-corrected chi connectivity index (χ1v) is 9.69. The Hall–Kier alpha value is -1.84. The van der Waals surface area contributed by atoms with E-state index in [1.165, 1.54) is 5.56 Å². The van der Waals surface area contributed by atoms with Crippen molar-refractivity contribution >= 4 is 19.4 Å². The molecule has 3 aromatic rings. The Bertz CT molecular complexity index is 889. The van der Waals surface area contributed by atoms with Gasteiger partial charge in [0.05, 0.1) is 0 Å². The maximum atomic E-state index is 12.7. The van der Waals surface area contributed by atoms with E-state index in [9.17, 15) is 4.79 Å². The number of ether oxygens (including phenoxy) is 1. The van der Waals surface area contributed by atoms with Crippen molar-refractivity contribution in [3.63, 3.8) is 0 Å². The van der Waals surface area contributed by atoms with Crippen LogP contribution in [0.25, 0.3) is 0 Å². The van der Waals surface area contributed by atoms with Gasteiger partial charge in [0.1, 0.15) is 12.4 Å². The van der Waals surface area contributed by atoms with Crippen molar-refractivity contribution in [3.8, 4) is 5.75 Å². The molecule has 0 amide bonds. The summed E-state index contributed by atoms with van der Waals surface area (Å²) in [4.78, 5) is 12.7. The zero-order chi connectivity index (χ0) is 18.5. The fourth-order valence-electron chi connectivity index (χ4n) is 3.11. The normalized spacial score (nSPS) is 10.6. The molecule has 27 heavy (non-hydrogen) atoms. The summed E-state index contributed by atoms with van der Waals surface area (Å²) < 4.78 is 5.81. The van der Waals surface area contributed by atoms with Gasteiger partial charge in [-0.25, -0.2) is 0 Å². The average molecular weight is 370 g/mol. The van der Waals surface area contributed by atoms with Gasteiger partial charge in [-0.2, -0.15) is 0 Å². The van der Waals surface area contributed by atoms with E-state index in [4.69, 9.17) is 4.74 Å². The summed E-state index contributed by atoms with van der Waals surface area (Å²) in [6, 6.07) is 22.1. The maximum absolute atomic E-state index is 12.7. The minimum atomic E-state index is 0. The Labute approximate surface area is 176 Å². The predicted octanol–water partition coefficient (Wildman–Crippen LogP) is 2.45. The predicted molar refractivity (Wildman–Crippen MR) is 111 cm³/mol. The SMILES string of the molecule is Cc1cc(C)c(C(=O)Pc2ccc(OCc3ccccc3)cc2)c(C)c1.[H-].[Li+]. The molecular weight excluding hydrogens is 346 g/mol. The fraction of sp³-hybridized carbons (Fsp3) is 0.174. The van der Waals surface area contributed by atoms with Crippen molar-refractivity contribution in [2.75, 3.05) is 0 Å². The summed E-state index contributed by atoms with van der Waals surface area (Å²) in [6.07, 6.45) is 0. The van der Waals surface area contributed by atoms with Crippen molar-refractivity contribution < 1.29 is 29.8 Å². The Balaban J connectivity index is 0.00000196. The third-order valence-electron chi connectivity index (χ3n) is 4.26. The second kappa shape index (κ2) is 9.91. The van der Waals surface area contributed by atoms with Gasteiger partial charge in [0.2, 0.25) is 0 Å². The molecule has 0 saturated heterocycles. The van der Waals surface area contributed by atoms with E-state index in [2.05, 4.69) is 19.1 Å². The second-order valence-electron chi connectivity index (χ2n) is 6.53. The van der Waals surface area contributed by atoms with Crippen LogP contribution < -0.4 is 28.9 Å². The standard InChI is InChI=1S/C23H23O2P.Li.H/c1-16-13-17(2)22(18(3)14-16)23(24)26-21-11-9-20(10-12-21)25-15-19-7-5-4-6-8-19;;/h4-14,26H,15H2,1-3H3;;/q;+1;-1. The fourth-order valence-corrected chi connectivity index (χ4v) is 4.22. The number of carbonyl (C=O) groups excluding carboxylic acids is 1. The van der Waals surface area contributed by atoms with Gasteiger partial charge in [0.15, 0.2) is 5.52 Å². The van der Waals surface area contributed by atoms with E-state index in [1.54, 1.807) is 0 Å². The first kappa shape index (κ1) is 21.5. The maximum Gasteiger partial charge on any atom is 1.00 e. The van der Waals surface area contributed by atoms with Crippen LogP contribution in [0.4, 0.5) is 0 Å². The van der Waals surface area contributed by atoms with Crippen molar-refractivity contribution in [1.29, 1.82) is 0 Å². The van der Waals surface area contributed by atoms with E-state index < -0.39 is 0 Å². The molecule has 0 saturated carbocycles. The molecule has 3 aromatic carbocycles. The van der Waals surface area contributed by atoms with Crippen molar-refractivity contribution in [2.24, 2.45) is 0 Å². The molecule has 0 aliphatic heterocycles. The molecule has 4 heteroatoms. The van der Waals surface area contributed by atoms with Crippen molar-refractivity contribution in [2.45, 2.75) is 27.4 Å². The van der Waals surface area contributed by atoms with Crippen LogP contribution in [0.5, 0.6) is 5.75 Å². The van der Waals surface area contributed by atoms with Gasteiger partial charge in [0.25, 0.3) is 0 Å². The number of carbonyl (C=O) groups is 1. The number of benzene rings is 3. The minimum absolute atomic E-state index is 0. The summed E-state index contributed by atoms with van der Waals surface area (Å²) in [5.41, 5.74) is 5.50. The number of aryl methyl sites for hydroxylation is 3. The molecule has 3 rings (SSSR count). The molecule has 1 unspecified atom stereocenters. The number of hydrogen-bond donors (Lipinski definition) is 0. The molecule has 0 bridgehead atoms. The third kappa shape index (κ3) is 5.82. The largest absolute Gasteiger partial charge is 1.00 e. The molecule has 2 nitrogen and oxygen atoms in total. The first-order valence-electron chi connectivity index (χ1n) is 8.69. The molecule has 0 aliphatic rings. The Morgan fingerprint density at radius 3 is 2.11 bits per heavy atom. The molecule has 0 N–H and O–H groups in total. The van der Waals surface area contributed by atoms with E-state index in [0.29, 0.717) is 6.61 Å². The van der Waals surface area contributed by atoms with Gasteiger partial charge in [-0.15, -0.1) is 0 Å². The summed E-state index contributed by atoms with van der Waals surface area (Å²) in [5, 5.41) is 1.03. The summed E-state index contributed by atoms with van der Waals surface area (Å²) in [6.45, 7) is 6.63. The van der Waals surface area contributed by atoms with Crippen LogP contribution in [-0.4, -0.2) is 5.52 Å². The van der Waals surface area contributed by atoms with Crippen LogP contribution in [0.3, 0.4) is 0 Å². The van der Waals surface area contributed by atoms with E-state index in [1.807, 2.05) is 68.4 Å². The minimum Gasteiger partial charge on any atom is -1.00 e. The van der Waals surface area contributed by atoms with Crippen LogP contribution in [-0.2, 0) is 6.61 Å². The molecular formula is C23H24LiO2P. The van der Waals surface area contributed by atoms with Crippen LogP contribution in [0.1, 0.15) is 34.0 Å². The van der Waals surface area contributed by atoms with Gasteiger partial charge < -0.3 is 6.16 Å². The molecule has 0 spiro atoms. The summed E-state index contributed by atoms with van der Waals surface area (Å²) in [7, 11) is 0.122. The molecule has 1 atom stereocenters. The van der Waals surface area contributed by atoms with Gasteiger partial charge in [0, 0.05) is 5.56 Å². The summed E-state index contributed by atoms with van der Waals surface area (Å²) >= 11 is 0. The zero-order valence-corrected chi connectivity index (χ0v) is 17.4. The smallest absolute Gasteiger partial charge is 1.00 e. The number of hydrogen-bond acceptors (Lipinski definition) is 2. The Kier molecular flexibility index (Phi) is 7.87. The monoisotopic (exact) mass is 370 g/mol. The molecule has 0 fully saturated rings.